The largest absolute Gasteiger partial charge is 0.390 e. The highest BCUT2D eigenvalue weighted by Gasteiger charge is 2.25. The first-order valence-corrected chi connectivity index (χ1v) is 6.98. The predicted molar refractivity (Wildman–Crippen MR) is 75.5 cm³/mol. The van der Waals surface area contributed by atoms with Gasteiger partial charge in [0.15, 0.2) is 0 Å². The molecule has 18 heavy (non-hydrogen) atoms. The van der Waals surface area contributed by atoms with E-state index in [1.807, 2.05) is 25.1 Å². The molecular formula is C14H17BrN2O. The molecule has 1 aromatic rings. The number of halogens is 1. The third-order valence-corrected chi connectivity index (χ3v) is 4.12. The van der Waals surface area contributed by atoms with Gasteiger partial charge in [-0.3, -0.25) is 0 Å². The van der Waals surface area contributed by atoms with Crippen molar-refractivity contribution in [3.63, 3.8) is 0 Å². The second-order valence-corrected chi connectivity index (χ2v) is 5.97. The van der Waals surface area contributed by atoms with Crippen LogP contribution in [0.2, 0.25) is 0 Å². The molecule has 3 nitrogen and oxygen atoms in total. The first kappa shape index (κ1) is 13.4. The van der Waals surface area contributed by atoms with E-state index in [2.05, 4.69) is 26.9 Å². The number of hydrogen-bond donors (Lipinski definition) is 1. The van der Waals surface area contributed by atoms with E-state index in [0.717, 1.165) is 42.5 Å². The normalized spacial score (nSPS) is 24.4. The van der Waals surface area contributed by atoms with Gasteiger partial charge < -0.3 is 10.0 Å². The molecule has 0 amide bonds. The van der Waals surface area contributed by atoms with E-state index in [-0.39, 0.29) is 0 Å². The van der Waals surface area contributed by atoms with Crippen molar-refractivity contribution in [3.8, 4) is 6.07 Å². The molecule has 2 rings (SSSR count). The molecule has 1 heterocycles. The van der Waals surface area contributed by atoms with Crippen LogP contribution in [0.4, 0.5) is 5.69 Å². The van der Waals surface area contributed by atoms with Gasteiger partial charge in [-0.2, -0.15) is 5.26 Å². The standard InChI is InChI=1S/C14H17BrN2O/c1-14(18)5-2-7-17(8-6-14)13-4-3-11(10-16)9-12(13)15/h3-4,9,18H,2,5-8H2,1H3. The summed E-state index contributed by atoms with van der Waals surface area (Å²) in [6, 6.07) is 7.79. The summed E-state index contributed by atoms with van der Waals surface area (Å²) < 4.78 is 0.947. The summed E-state index contributed by atoms with van der Waals surface area (Å²) in [7, 11) is 0. The molecule has 1 aliphatic heterocycles. The number of rotatable bonds is 1. The van der Waals surface area contributed by atoms with E-state index in [0.29, 0.717) is 5.56 Å². The van der Waals surface area contributed by atoms with E-state index in [4.69, 9.17) is 5.26 Å². The van der Waals surface area contributed by atoms with Crippen molar-refractivity contribution < 1.29 is 5.11 Å². The van der Waals surface area contributed by atoms with Crippen molar-refractivity contribution >= 4 is 21.6 Å². The van der Waals surface area contributed by atoms with Crippen LogP contribution in [-0.4, -0.2) is 23.8 Å². The van der Waals surface area contributed by atoms with E-state index >= 15 is 0 Å². The van der Waals surface area contributed by atoms with Crippen molar-refractivity contribution in [2.24, 2.45) is 0 Å². The lowest BCUT2D eigenvalue weighted by molar-refractivity contribution is 0.0481. The summed E-state index contributed by atoms with van der Waals surface area (Å²) in [6.07, 6.45) is 2.61. The van der Waals surface area contributed by atoms with Crippen LogP contribution in [0.3, 0.4) is 0 Å². The van der Waals surface area contributed by atoms with Crippen LogP contribution < -0.4 is 4.90 Å². The van der Waals surface area contributed by atoms with Crippen molar-refractivity contribution in [2.75, 3.05) is 18.0 Å². The Morgan fingerprint density at radius 1 is 1.39 bits per heavy atom. The first-order chi connectivity index (χ1) is 8.52. The second kappa shape index (κ2) is 5.29. The van der Waals surface area contributed by atoms with Crippen LogP contribution in [0.15, 0.2) is 22.7 Å². The minimum absolute atomic E-state index is 0.548. The Morgan fingerprint density at radius 2 is 2.17 bits per heavy atom. The fourth-order valence-corrected chi connectivity index (χ4v) is 2.97. The monoisotopic (exact) mass is 308 g/mol. The van der Waals surface area contributed by atoms with Crippen LogP contribution in [0.1, 0.15) is 31.7 Å². The van der Waals surface area contributed by atoms with Crippen LogP contribution >= 0.6 is 15.9 Å². The van der Waals surface area contributed by atoms with Crippen molar-refractivity contribution in [1.82, 2.24) is 0 Å². The summed E-state index contributed by atoms with van der Waals surface area (Å²) >= 11 is 3.52. The maximum Gasteiger partial charge on any atom is 0.0992 e. The molecule has 1 unspecified atom stereocenters. The first-order valence-electron chi connectivity index (χ1n) is 6.19. The minimum atomic E-state index is -0.548. The molecule has 96 valence electrons. The van der Waals surface area contributed by atoms with Gasteiger partial charge in [0.1, 0.15) is 0 Å². The third kappa shape index (κ3) is 3.04. The topological polar surface area (TPSA) is 47.3 Å². The van der Waals surface area contributed by atoms with Crippen LogP contribution in [0.25, 0.3) is 0 Å². The lowest BCUT2D eigenvalue weighted by Crippen LogP contribution is -2.28. The zero-order valence-corrected chi connectivity index (χ0v) is 12.1. The summed E-state index contributed by atoms with van der Waals surface area (Å²) in [6.45, 7) is 3.70. The molecule has 0 aliphatic carbocycles. The Labute approximate surface area is 116 Å². The molecular weight excluding hydrogens is 292 g/mol. The summed E-state index contributed by atoms with van der Waals surface area (Å²) in [5.74, 6) is 0. The summed E-state index contributed by atoms with van der Waals surface area (Å²) in [5.41, 5.74) is 1.22. The molecule has 4 heteroatoms. The van der Waals surface area contributed by atoms with Gasteiger partial charge in [0.25, 0.3) is 0 Å². The fourth-order valence-electron chi connectivity index (χ4n) is 2.34. The van der Waals surface area contributed by atoms with Gasteiger partial charge in [-0.05, 0) is 60.3 Å². The molecule has 1 fully saturated rings. The van der Waals surface area contributed by atoms with Gasteiger partial charge >= 0.3 is 0 Å². The smallest absolute Gasteiger partial charge is 0.0992 e. The zero-order valence-electron chi connectivity index (χ0n) is 10.5. The van der Waals surface area contributed by atoms with Gasteiger partial charge in [-0.1, -0.05) is 0 Å². The van der Waals surface area contributed by atoms with Crippen molar-refractivity contribution in [1.29, 1.82) is 5.26 Å². The van der Waals surface area contributed by atoms with Crippen molar-refractivity contribution in [3.05, 3.63) is 28.2 Å². The third-order valence-electron chi connectivity index (χ3n) is 3.48. The molecule has 1 N–H and O–H groups in total. The van der Waals surface area contributed by atoms with Gasteiger partial charge in [0, 0.05) is 17.6 Å². The van der Waals surface area contributed by atoms with E-state index in [1.165, 1.54) is 0 Å². The molecule has 1 saturated heterocycles. The molecule has 1 atom stereocenters. The Balaban J connectivity index is 2.19. The molecule has 0 spiro atoms. The van der Waals surface area contributed by atoms with Gasteiger partial charge in [0.05, 0.1) is 22.9 Å². The average Bonchev–Trinajstić information content (AvgIpc) is 2.50. The summed E-state index contributed by atoms with van der Waals surface area (Å²) in [4.78, 5) is 2.27. The maximum atomic E-state index is 10.1. The molecule has 0 bridgehead atoms. The quantitative estimate of drug-likeness (QED) is 0.867. The highest BCUT2D eigenvalue weighted by molar-refractivity contribution is 9.10. The lowest BCUT2D eigenvalue weighted by Gasteiger charge is -2.25. The fraction of sp³-hybridized carbons (Fsp3) is 0.500. The zero-order chi connectivity index (χ0) is 13.2. The van der Waals surface area contributed by atoms with Crippen LogP contribution in [0.5, 0.6) is 0 Å². The average molecular weight is 309 g/mol. The Kier molecular flexibility index (Phi) is 3.94. The Morgan fingerprint density at radius 3 is 2.83 bits per heavy atom. The Hall–Kier alpha value is -1.05. The van der Waals surface area contributed by atoms with Crippen LogP contribution in [0, 0.1) is 11.3 Å². The van der Waals surface area contributed by atoms with Gasteiger partial charge in [-0.25, -0.2) is 0 Å². The highest BCUT2D eigenvalue weighted by atomic mass is 79.9. The number of nitriles is 1. The number of aliphatic hydroxyl groups is 1. The lowest BCUT2D eigenvalue weighted by atomic mass is 9.98. The molecule has 1 aromatic carbocycles. The van der Waals surface area contributed by atoms with Crippen molar-refractivity contribution in [2.45, 2.75) is 31.8 Å². The molecule has 0 aromatic heterocycles. The predicted octanol–water partition coefficient (Wildman–Crippen LogP) is 3.06. The number of anilines is 1. The highest BCUT2D eigenvalue weighted by Crippen LogP contribution is 2.31. The van der Waals surface area contributed by atoms with Crippen LogP contribution in [-0.2, 0) is 0 Å². The second-order valence-electron chi connectivity index (χ2n) is 5.12. The number of benzene rings is 1. The maximum absolute atomic E-state index is 10.1. The number of nitrogens with zero attached hydrogens (tertiary/aromatic N) is 2. The van der Waals surface area contributed by atoms with Gasteiger partial charge in [-0.15, -0.1) is 0 Å². The van der Waals surface area contributed by atoms with E-state index < -0.39 is 5.60 Å². The molecule has 0 radical (unpaired) electrons. The molecule has 1 aliphatic rings. The molecule has 0 saturated carbocycles. The van der Waals surface area contributed by atoms with E-state index in [1.54, 1.807) is 0 Å². The Bertz CT molecular complexity index is 479. The summed E-state index contributed by atoms with van der Waals surface area (Å²) in [5, 5.41) is 18.9. The SMILES string of the molecule is CC1(O)CCCN(c2ccc(C#N)cc2Br)CC1. The van der Waals surface area contributed by atoms with E-state index in [9.17, 15) is 5.11 Å². The minimum Gasteiger partial charge on any atom is -0.390 e. The number of hydrogen-bond acceptors (Lipinski definition) is 3. The van der Waals surface area contributed by atoms with Gasteiger partial charge in [0.2, 0.25) is 0 Å².